The average molecular weight is 343 g/mol. The van der Waals surface area contributed by atoms with Gasteiger partial charge in [0, 0.05) is 30.5 Å². The molecule has 25 heavy (non-hydrogen) atoms. The maximum Gasteiger partial charge on any atom is 0.230 e. The Morgan fingerprint density at radius 1 is 1.28 bits per heavy atom. The molecule has 0 spiro atoms. The van der Waals surface area contributed by atoms with Gasteiger partial charge in [0.05, 0.1) is 29.9 Å². The summed E-state index contributed by atoms with van der Waals surface area (Å²) in [5.74, 6) is 0.0537. The van der Waals surface area contributed by atoms with E-state index in [4.69, 9.17) is 0 Å². The van der Waals surface area contributed by atoms with Gasteiger partial charge in [0.25, 0.3) is 0 Å². The molecule has 0 aromatic carbocycles. The minimum atomic E-state index is -0.158. The number of rotatable bonds is 4. The van der Waals surface area contributed by atoms with Crippen molar-refractivity contribution >= 4 is 5.91 Å². The van der Waals surface area contributed by atoms with E-state index in [0.29, 0.717) is 0 Å². The molecule has 0 bridgehead atoms. The smallest absolute Gasteiger partial charge is 0.230 e. The molecule has 2 aromatic heterocycles. The molecule has 0 unspecified atom stereocenters. The highest BCUT2D eigenvalue weighted by atomic mass is 16.2. The van der Waals surface area contributed by atoms with Gasteiger partial charge in [-0.05, 0) is 53.5 Å². The van der Waals surface area contributed by atoms with E-state index in [1.165, 1.54) is 0 Å². The second-order valence-corrected chi connectivity index (χ2v) is 7.37. The molecule has 3 heterocycles. The van der Waals surface area contributed by atoms with Crippen LogP contribution in [-0.4, -0.2) is 43.0 Å². The zero-order valence-electron chi connectivity index (χ0n) is 16.2. The van der Waals surface area contributed by atoms with Gasteiger partial charge in [-0.3, -0.25) is 14.2 Å². The molecule has 6 heteroatoms. The highest BCUT2D eigenvalue weighted by Gasteiger charge is 2.34. The molecular weight excluding hydrogens is 314 g/mol. The molecule has 0 radical (unpaired) electrons. The first kappa shape index (κ1) is 17.7. The number of amides is 1. The van der Waals surface area contributed by atoms with Gasteiger partial charge >= 0.3 is 0 Å². The van der Waals surface area contributed by atoms with E-state index in [-0.39, 0.29) is 17.9 Å². The maximum absolute atomic E-state index is 13.2. The van der Waals surface area contributed by atoms with Crippen molar-refractivity contribution in [1.29, 1.82) is 0 Å². The lowest BCUT2D eigenvalue weighted by atomic mass is 9.97. The molecule has 6 nitrogen and oxygen atoms in total. The van der Waals surface area contributed by atoms with Gasteiger partial charge < -0.3 is 4.90 Å². The van der Waals surface area contributed by atoms with Crippen LogP contribution in [0.3, 0.4) is 0 Å². The molecule has 1 aliphatic heterocycles. The Bertz CT molecular complexity index is 788. The second kappa shape index (κ2) is 6.65. The summed E-state index contributed by atoms with van der Waals surface area (Å²) in [6.45, 7) is 11.7. The molecular formula is C19H29N5O. The highest BCUT2D eigenvalue weighted by Crippen LogP contribution is 2.29. The van der Waals surface area contributed by atoms with Gasteiger partial charge in [0.1, 0.15) is 0 Å². The van der Waals surface area contributed by atoms with E-state index >= 15 is 0 Å². The van der Waals surface area contributed by atoms with Gasteiger partial charge in [0.15, 0.2) is 0 Å². The summed E-state index contributed by atoms with van der Waals surface area (Å²) in [6, 6.07) is 2.32. The molecule has 2 atom stereocenters. The summed E-state index contributed by atoms with van der Waals surface area (Å²) in [5, 5.41) is 9.04. The number of hydrogen-bond donors (Lipinski definition) is 0. The van der Waals surface area contributed by atoms with Gasteiger partial charge in [0.2, 0.25) is 5.91 Å². The summed E-state index contributed by atoms with van der Waals surface area (Å²) in [4.78, 5) is 15.3. The summed E-state index contributed by atoms with van der Waals surface area (Å²) >= 11 is 0. The number of likely N-dealkylation sites (tertiary alicyclic amines) is 1. The third-order valence-electron chi connectivity index (χ3n) is 5.52. The van der Waals surface area contributed by atoms with Crippen LogP contribution in [0.2, 0.25) is 0 Å². The first-order chi connectivity index (χ1) is 11.8. The number of hydrogen-bond acceptors (Lipinski definition) is 3. The van der Waals surface area contributed by atoms with Crippen molar-refractivity contribution in [2.24, 2.45) is 7.05 Å². The zero-order chi connectivity index (χ0) is 18.3. The number of nitrogens with zero attached hydrogens (tertiary/aromatic N) is 5. The maximum atomic E-state index is 13.2. The quantitative estimate of drug-likeness (QED) is 0.857. The van der Waals surface area contributed by atoms with Crippen LogP contribution in [0.15, 0.2) is 6.07 Å². The third kappa shape index (κ3) is 3.22. The Morgan fingerprint density at radius 3 is 2.56 bits per heavy atom. The molecule has 1 saturated heterocycles. The molecule has 3 rings (SSSR count). The van der Waals surface area contributed by atoms with Gasteiger partial charge in [-0.1, -0.05) is 0 Å². The first-order valence-electron chi connectivity index (χ1n) is 9.11. The summed E-state index contributed by atoms with van der Waals surface area (Å²) in [5.41, 5.74) is 5.29. The number of carbonyl (C=O) groups excluding carboxylic acids is 1. The van der Waals surface area contributed by atoms with Crippen molar-refractivity contribution in [2.75, 3.05) is 6.54 Å². The van der Waals surface area contributed by atoms with Crippen molar-refractivity contribution in [2.45, 2.75) is 66.0 Å². The van der Waals surface area contributed by atoms with Crippen molar-refractivity contribution < 1.29 is 4.79 Å². The molecule has 0 N–H and O–H groups in total. The minimum Gasteiger partial charge on any atom is -0.337 e. The summed E-state index contributed by atoms with van der Waals surface area (Å²) in [7, 11) is 1.94. The monoisotopic (exact) mass is 343 g/mol. The van der Waals surface area contributed by atoms with Crippen molar-refractivity contribution in [1.82, 2.24) is 24.5 Å². The van der Waals surface area contributed by atoms with Crippen LogP contribution in [0.4, 0.5) is 0 Å². The van der Waals surface area contributed by atoms with Crippen LogP contribution in [0.1, 0.15) is 54.0 Å². The fourth-order valence-electron chi connectivity index (χ4n) is 4.16. The number of aryl methyl sites for hydroxylation is 4. The predicted octanol–water partition coefficient (Wildman–Crippen LogP) is 2.64. The van der Waals surface area contributed by atoms with E-state index in [9.17, 15) is 4.79 Å². The lowest BCUT2D eigenvalue weighted by Gasteiger charge is -2.28. The Morgan fingerprint density at radius 2 is 2.00 bits per heavy atom. The largest absolute Gasteiger partial charge is 0.337 e. The van der Waals surface area contributed by atoms with Crippen molar-refractivity contribution in [3.05, 3.63) is 34.4 Å². The van der Waals surface area contributed by atoms with Crippen molar-refractivity contribution in [3.63, 3.8) is 0 Å². The van der Waals surface area contributed by atoms with E-state index < -0.39 is 0 Å². The number of carbonyl (C=O) groups is 1. The fraction of sp³-hybridized carbons (Fsp3) is 0.632. The predicted molar refractivity (Wildman–Crippen MR) is 97.5 cm³/mol. The zero-order valence-corrected chi connectivity index (χ0v) is 16.2. The molecule has 136 valence electrons. The van der Waals surface area contributed by atoms with Crippen LogP contribution in [0.25, 0.3) is 0 Å². The van der Waals surface area contributed by atoms with E-state index in [1.807, 2.05) is 44.1 Å². The molecule has 1 amide bonds. The van der Waals surface area contributed by atoms with E-state index in [0.717, 1.165) is 54.3 Å². The van der Waals surface area contributed by atoms with E-state index in [2.05, 4.69) is 28.1 Å². The fourth-order valence-corrected chi connectivity index (χ4v) is 4.16. The standard InChI is InChI=1S/C19H29N5O/c1-12-10-13(2)24(20-12)11-17-8-7-9-23(17)19(25)14(3)18-15(4)21-22(6)16(18)5/h10,14,17H,7-9,11H2,1-6H3/t14-,17+/m1/s1. The van der Waals surface area contributed by atoms with Gasteiger partial charge in [-0.15, -0.1) is 0 Å². The normalized spacial score (nSPS) is 18.8. The molecule has 0 aliphatic carbocycles. The second-order valence-electron chi connectivity index (χ2n) is 7.37. The lowest BCUT2D eigenvalue weighted by Crippen LogP contribution is -2.40. The molecule has 1 fully saturated rings. The number of aromatic nitrogens is 4. The minimum absolute atomic E-state index is 0.158. The van der Waals surface area contributed by atoms with E-state index in [1.54, 1.807) is 0 Å². The van der Waals surface area contributed by atoms with Gasteiger partial charge in [-0.25, -0.2) is 0 Å². The van der Waals surface area contributed by atoms with Crippen LogP contribution in [0.5, 0.6) is 0 Å². The van der Waals surface area contributed by atoms with Gasteiger partial charge in [-0.2, -0.15) is 10.2 Å². The first-order valence-corrected chi connectivity index (χ1v) is 9.11. The third-order valence-corrected chi connectivity index (χ3v) is 5.52. The Kier molecular flexibility index (Phi) is 4.71. The Labute approximate surface area is 149 Å². The van der Waals surface area contributed by atoms with Crippen LogP contribution in [0, 0.1) is 27.7 Å². The summed E-state index contributed by atoms with van der Waals surface area (Å²) < 4.78 is 3.91. The Balaban J connectivity index is 1.79. The van der Waals surface area contributed by atoms with Crippen LogP contribution < -0.4 is 0 Å². The van der Waals surface area contributed by atoms with Crippen molar-refractivity contribution in [3.8, 4) is 0 Å². The molecule has 1 aliphatic rings. The van der Waals surface area contributed by atoms with Crippen LogP contribution >= 0.6 is 0 Å². The van der Waals surface area contributed by atoms with Crippen LogP contribution in [-0.2, 0) is 18.4 Å². The molecule has 2 aromatic rings. The topological polar surface area (TPSA) is 56.0 Å². The summed E-state index contributed by atoms with van der Waals surface area (Å²) in [6.07, 6.45) is 2.11. The lowest BCUT2D eigenvalue weighted by molar-refractivity contribution is -0.133. The average Bonchev–Trinajstić information content (AvgIpc) is 3.19. The SMILES string of the molecule is Cc1cc(C)n(C[C@@H]2CCCN2C(=O)[C@H](C)c2c(C)nn(C)c2C)n1. The molecule has 0 saturated carbocycles. The highest BCUT2D eigenvalue weighted by molar-refractivity contribution is 5.84. The Hall–Kier alpha value is -2.11.